The van der Waals surface area contributed by atoms with Crippen LogP contribution in [0.3, 0.4) is 0 Å². The van der Waals surface area contributed by atoms with Crippen molar-refractivity contribution in [3.8, 4) is 5.75 Å². The van der Waals surface area contributed by atoms with Crippen molar-refractivity contribution in [2.45, 2.75) is 56.5 Å². The molecule has 8 nitrogen and oxygen atoms in total. The highest BCUT2D eigenvalue weighted by atomic mass is 32.2. The molecule has 35 heavy (non-hydrogen) atoms. The molecule has 1 fully saturated rings. The average Bonchev–Trinajstić information content (AvgIpc) is 2.88. The standard InChI is InChI=1S/C26H37N3O5S/c1-4-21(18-33-2)28-35(31,32)29-22-14-16-26(17-15-22,20-10-6-5-7-11-20)19-27-25(30)23-12-8-9-13-24(23)34-3/h5-13,21-22,28-29H,4,14-19H2,1-3H3,(H,27,30). The highest BCUT2D eigenvalue weighted by Crippen LogP contribution is 2.39. The van der Waals surface area contributed by atoms with Crippen molar-refractivity contribution in [3.63, 3.8) is 0 Å². The summed E-state index contributed by atoms with van der Waals surface area (Å²) in [4.78, 5) is 13.0. The zero-order valence-corrected chi connectivity index (χ0v) is 21.6. The van der Waals surface area contributed by atoms with E-state index in [2.05, 4.69) is 26.9 Å². The Kier molecular flexibility index (Phi) is 9.68. The Hall–Kier alpha value is -2.46. The molecule has 0 heterocycles. The van der Waals surface area contributed by atoms with Gasteiger partial charge in [0, 0.05) is 31.2 Å². The predicted octanol–water partition coefficient (Wildman–Crippen LogP) is 3.15. The van der Waals surface area contributed by atoms with Gasteiger partial charge < -0.3 is 14.8 Å². The summed E-state index contributed by atoms with van der Waals surface area (Å²) in [5, 5.41) is 3.11. The number of rotatable bonds is 12. The molecular weight excluding hydrogens is 466 g/mol. The van der Waals surface area contributed by atoms with Crippen LogP contribution in [0.1, 0.15) is 54.9 Å². The van der Waals surface area contributed by atoms with E-state index in [1.165, 1.54) is 0 Å². The van der Waals surface area contributed by atoms with Crippen LogP contribution in [0.4, 0.5) is 0 Å². The molecule has 0 radical (unpaired) electrons. The fourth-order valence-corrected chi connectivity index (χ4v) is 6.15. The smallest absolute Gasteiger partial charge is 0.277 e. The molecule has 3 N–H and O–H groups in total. The number of benzene rings is 2. The van der Waals surface area contributed by atoms with Gasteiger partial charge in [0.05, 0.1) is 19.3 Å². The molecule has 1 saturated carbocycles. The van der Waals surface area contributed by atoms with Gasteiger partial charge in [-0.15, -0.1) is 0 Å². The summed E-state index contributed by atoms with van der Waals surface area (Å²) in [6.45, 7) is 2.70. The van der Waals surface area contributed by atoms with Crippen LogP contribution in [0.2, 0.25) is 0 Å². The highest BCUT2D eigenvalue weighted by Gasteiger charge is 2.38. The largest absolute Gasteiger partial charge is 0.496 e. The van der Waals surface area contributed by atoms with E-state index in [4.69, 9.17) is 9.47 Å². The fraction of sp³-hybridized carbons (Fsp3) is 0.500. The number of carbonyl (C=O) groups excluding carboxylic acids is 1. The van der Waals surface area contributed by atoms with Gasteiger partial charge in [-0.05, 0) is 49.8 Å². The van der Waals surface area contributed by atoms with Crippen LogP contribution in [0.25, 0.3) is 0 Å². The van der Waals surface area contributed by atoms with Crippen molar-refractivity contribution >= 4 is 16.1 Å². The Labute approximate surface area is 209 Å². The van der Waals surface area contributed by atoms with Gasteiger partial charge >= 0.3 is 0 Å². The Balaban J connectivity index is 1.69. The fourth-order valence-electron chi connectivity index (χ4n) is 4.73. The monoisotopic (exact) mass is 503 g/mol. The predicted molar refractivity (Wildman–Crippen MR) is 137 cm³/mol. The summed E-state index contributed by atoms with van der Waals surface area (Å²) in [7, 11) is -0.544. The van der Waals surface area contributed by atoms with Crippen molar-refractivity contribution in [2.24, 2.45) is 0 Å². The van der Waals surface area contributed by atoms with E-state index in [0.29, 0.717) is 43.7 Å². The second-order valence-corrected chi connectivity index (χ2v) is 10.6. The molecule has 0 aliphatic heterocycles. The van der Waals surface area contributed by atoms with Gasteiger partial charge in [-0.1, -0.05) is 49.4 Å². The lowest BCUT2D eigenvalue weighted by Crippen LogP contribution is -2.51. The van der Waals surface area contributed by atoms with E-state index in [-0.39, 0.29) is 23.4 Å². The van der Waals surface area contributed by atoms with Crippen LogP contribution in [0.5, 0.6) is 5.75 Å². The molecule has 0 aromatic heterocycles. The van der Waals surface area contributed by atoms with Gasteiger partial charge in [-0.2, -0.15) is 17.9 Å². The third-order valence-corrected chi connectivity index (χ3v) is 8.06. The normalized spacial score (nSPS) is 21.3. The molecule has 0 spiro atoms. The number of nitrogens with one attached hydrogen (secondary N) is 3. The third-order valence-electron chi connectivity index (χ3n) is 6.77. The lowest BCUT2D eigenvalue weighted by Gasteiger charge is -2.41. The summed E-state index contributed by atoms with van der Waals surface area (Å²) in [5.41, 5.74) is 1.36. The number of ether oxygens (including phenoxy) is 2. The first-order chi connectivity index (χ1) is 16.8. The molecule has 192 valence electrons. The summed E-state index contributed by atoms with van der Waals surface area (Å²) in [5.74, 6) is 0.344. The van der Waals surface area contributed by atoms with Crippen LogP contribution >= 0.6 is 0 Å². The number of methoxy groups -OCH3 is 2. The molecule has 1 aliphatic rings. The molecule has 0 bridgehead atoms. The molecule has 1 atom stereocenters. The van der Waals surface area contributed by atoms with Gasteiger partial charge in [0.25, 0.3) is 16.1 Å². The summed E-state index contributed by atoms with van der Waals surface area (Å²) >= 11 is 0. The first-order valence-corrected chi connectivity index (χ1v) is 13.6. The molecule has 3 rings (SSSR count). The molecule has 2 aromatic carbocycles. The van der Waals surface area contributed by atoms with Gasteiger partial charge in [0.2, 0.25) is 0 Å². The number of amides is 1. The third kappa shape index (κ3) is 7.27. The van der Waals surface area contributed by atoms with Crippen LogP contribution in [-0.2, 0) is 20.4 Å². The van der Waals surface area contributed by atoms with Crippen LogP contribution in [0.15, 0.2) is 54.6 Å². The highest BCUT2D eigenvalue weighted by molar-refractivity contribution is 7.87. The molecule has 2 aromatic rings. The summed E-state index contributed by atoms with van der Waals surface area (Å²) in [6, 6.07) is 16.8. The van der Waals surface area contributed by atoms with Crippen molar-refractivity contribution in [1.82, 2.24) is 14.8 Å². The number of hydrogen-bond donors (Lipinski definition) is 3. The maximum absolute atomic E-state index is 13.0. The Morgan fingerprint density at radius 2 is 1.71 bits per heavy atom. The zero-order chi connectivity index (χ0) is 25.3. The topological polar surface area (TPSA) is 106 Å². The van der Waals surface area contributed by atoms with E-state index in [1.807, 2.05) is 37.3 Å². The van der Waals surface area contributed by atoms with Crippen molar-refractivity contribution in [2.75, 3.05) is 27.4 Å². The second-order valence-electron chi connectivity index (χ2n) is 9.10. The van der Waals surface area contributed by atoms with E-state index in [0.717, 1.165) is 18.4 Å². The number of hydrogen-bond acceptors (Lipinski definition) is 5. The number of para-hydroxylation sites is 1. The molecule has 1 amide bonds. The van der Waals surface area contributed by atoms with Gasteiger partial charge in [-0.25, -0.2) is 0 Å². The minimum absolute atomic E-state index is 0.172. The Morgan fingerprint density at radius 1 is 1.06 bits per heavy atom. The van der Waals surface area contributed by atoms with Crippen molar-refractivity contribution in [1.29, 1.82) is 0 Å². The van der Waals surface area contributed by atoms with E-state index < -0.39 is 10.2 Å². The first kappa shape index (κ1) is 27.1. The van der Waals surface area contributed by atoms with Crippen molar-refractivity contribution in [3.05, 3.63) is 65.7 Å². The maximum atomic E-state index is 13.0. The quantitative estimate of drug-likeness (QED) is 0.413. The van der Waals surface area contributed by atoms with E-state index in [9.17, 15) is 13.2 Å². The molecule has 1 aliphatic carbocycles. The molecule has 9 heteroatoms. The molecular formula is C26H37N3O5S. The second kappa shape index (κ2) is 12.5. The maximum Gasteiger partial charge on any atom is 0.277 e. The average molecular weight is 504 g/mol. The summed E-state index contributed by atoms with van der Waals surface area (Å²) in [6.07, 6.45) is 3.46. The number of carbonyl (C=O) groups is 1. The molecule has 0 saturated heterocycles. The van der Waals surface area contributed by atoms with Gasteiger partial charge in [0.15, 0.2) is 0 Å². The first-order valence-electron chi connectivity index (χ1n) is 12.1. The van der Waals surface area contributed by atoms with E-state index >= 15 is 0 Å². The van der Waals surface area contributed by atoms with Gasteiger partial charge in [-0.3, -0.25) is 4.79 Å². The SMILES string of the molecule is CCC(COC)NS(=O)(=O)NC1CCC(CNC(=O)c2ccccc2OC)(c2ccccc2)CC1. The van der Waals surface area contributed by atoms with Crippen LogP contribution in [0, 0.1) is 0 Å². The minimum atomic E-state index is -3.65. The van der Waals surface area contributed by atoms with Crippen LogP contribution in [-0.4, -0.2) is 53.8 Å². The van der Waals surface area contributed by atoms with Crippen LogP contribution < -0.4 is 19.5 Å². The lowest BCUT2D eigenvalue weighted by atomic mass is 9.68. The Morgan fingerprint density at radius 3 is 2.34 bits per heavy atom. The Bertz CT molecular complexity index is 1050. The lowest BCUT2D eigenvalue weighted by molar-refractivity contribution is 0.0932. The molecule has 1 unspecified atom stereocenters. The van der Waals surface area contributed by atoms with Gasteiger partial charge in [0.1, 0.15) is 5.75 Å². The zero-order valence-electron chi connectivity index (χ0n) is 20.8. The van der Waals surface area contributed by atoms with E-state index in [1.54, 1.807) is 26.4 Å². The summed E-state index contributed by atoms with van der Waals surface area (Å²) < 4.78 is 41.3. The minimum Gasteiger partial charge on any atom is -0.496 e. The van der Waals surface area contributed by atoms with Crippen molar-refractivity contribution < 1.29 is 22.7 Å².